The molecule has 0 aromatic heterocycles. The Labute approximate surface area is 426 Å². The second-order valence-electron chi connectivity index (χ2n) is 18.8. The number of allylic oxidation sites excluding steroid dienone is 16. The molecule has 6 heteroatoms. The van der Waals surface area contributed by atoms with Crippen molar-refractivity contribution in [1.82, 2.24) is 0 Å². The lowest BCUT2D eigenvalue weighted by Gasteiger charge is -2.18. The van der Waals surface area contributed by atoms with Crippen LogP contribution >= 0.6 is 0 Å². The van der Waals surface area contributed by atoms with Gasteiger partial charge in [0, 0.05) is 19.3 Å². The van der Waals surface area contributed by atoms with Gasteiger partial charge in [-0.15, -0.1) is 0 Å². The molecular weight excluding hydrogens is 853 g/mol. The van der Waals surface area contributed by atoms with Crippen LogP contribution in [-0.2, 0) is 28.6 Å². The van der Waals surface area contributed by atoms with Gasteiger partial charge in [-0.25, -0.2) is 0 Å². The molecule has 0 aliphatic rings. The van der Waals surface area contributed by atoms with Gasteiger partial charge in [0.1, 0.15) is 13.2 Å². The Morgan fingerprint density at radius 3 is 0.884 bits per heavy atom. The standard InChI is InChI=1S/C63H106O6/c1-4-7-10-13-16-19-22-25-28-30-31-33-35-38-41-44-47-50-53-56-62(65)68-59-60(58-67-61(64)55-52-49-46-43-40-37-34-27-24-21-18-15-12-9-6-3)69-63(66)57-54-51-48-45-42-39-36-32-29-26-23-20-17-14-11-8-5-2/h8,11,16-21,25-29,31,33-34,60H,4-7,9-10,12-15,22-24,30,32,35-59H2,1-3H3/b11-8-,19-16-,20-17-,21-18-,28-25-,29-26-,33-31-,34-27-. The minimum absolute atomic E-state index is 0.0937. The highest BCUT2D eigenvalue weighted by atomic mass is 16.6. The second kappa shape index (κ2) is 56.9. The molecule has 0 bridgehead atoms. The van der Waals surface area contributed by atoms with E-state index >= 15 is 0 Å². The molecule has 0 aliphatic carbocycles. The van der Waals surface area contributed by atoms with E-state index in [0.29, 0.717) is 19.3 Å². The number of unbranched alkanes of at least 4 members (excludes halogenated alkanes) is 24. The van der Waals surface area contributed by atoms with Crippen LogP contribution in [0.25, 0.3) is 0 Å². The van der Waals surface area contributed by atoms with E-state index in [-0.39, 0.29) is 31.1 Å². The summed E-state index contributed by atoms with van der Waals surface area (Å²) in [6, 6.07) is 0. The smallest absolute Gasteiger partial charge is 0.306 e. The van der Waals surface area contributed by atoms with Crippen molar-refractivity contribution in [2.75, 3.05) is 13.2 Å². The lowest BCUT2D eigenvalue weighted by Crippen LogP contribution is -2.30. The Balaban J connectivity index is 4.45. The molecule has 0 saturated heterocycles. The highest BCUT2D eigenvalue weighted by Crippen LogP contribution is 2.14. The summed E-state index contributed by atoms with van der Waals surface area (Å²) >= 11 is 0. The lowest BCUT2D eigenvalue weighted by molar-refractivity contribution is -0.167. The number of carbonyl (C=O) groups excluding carboxylic acids is 3. The Kier molecular flexibility index (Phi) is 53.9. The van der Waals surface area contributed by atoms with Gasteiger partial charge in [0.25, 0.3) is 0 Å². The molecule has 0 rings (SSSR count). The predicted molar refractivity (Wildman–Crippen MR) is 297 cm³/mol. The zero-order valence-electron chi connectivity index (χ0n) is 45.0. The molecule has 0 saturated carbocycles. The molecule has 0 amide bonds. The van der Waals surface area contributed by atoms with Gasteiger partial charge in [-0.05, 0) is 122 Å². The SMILES string of the molecule is CC/C=C\C/C=C\C/C=C\CCCCCCCCCC(=O)OC(COC(=O)CCCCCCC/C=C\C/C=C\CCCCC)COC(=O)CCCCCCCC/C=C\C/C=C\C/C=C\CCCCC. The maximum Gasteiger partial charge on any atom is 0.306 e. The van der Waals surface area contributed by atoms with E-state index in [1.807, 2.05) is 0 Å². The first-order valence-corrected chi connectivity index (χ1v) is 28.7. The highest BCUT2D eigenvalue weighted by Gasteiger charge is 2.19. The Hall–Kier alpha value is -3.67. The van der Waals surface area contributed by atoms with Crippen molar-refractivity contribution >= 4 is 17.9 Å². The molecule has 394 valence electrons. The fourth-order valence-corrected chi connectivity index (χ4v) is 7.73. The lowest BCUT2D eigenvalue weighted by atomic mass is 10.1. The van der Waals surface area contributed by atoms with Crippen LogP contribution in [0.2, 0.25) is 0 Å². The molecule has 0 N–H and O–H groups in total. The zero-order valence-corrected chi connectivity index (χ0v) is 45.0. The van der Waals surface area contributed by atoms with Crippen LogP contribution in [0.4, 0.5) is 0 Å². The molecule has 0 aromatic rings. The number of rotatable bonds is 51. The topological polar surface area (TPSA) is 78.9 Å². The van der Waals surface area contributed by atoms with Gasteiger partial charge >= 0.3 is 17.9 Å². The van der Waals surface area contributed by atoms with Crippen molar-refractivity contribution < 1.29 is 28.6 Å². The number of hydrogen-bond acceptors (Lipinski definition) is 6. The van der Waals surface area contributed by atoms with E-state index in [1.165, 1.54) is 96.3 Å². The van der Waals surface area contributed by atoms with Gasteiger partial charge in [-0.2, -0.15) is 0 Å². The van der Waals surface area contributed by atoms with Crippen LogP contribution < -0.4 is 0 Å². The van der Waals surface area contributed by atoms with Crippen LogP contribution in [-0.4, -0.2) is 37.2 Å². The van der Waals surface area contributed by atoms with E-state index in [9.17, 15) is 14.4 Å². The predicted octanol–water partition coefficient (Wildman–Crippen LogP) is 19.3. The van der Waals surface area contributed by atoms with Crippen LogP contribution in [0.3, 0.4) is 0 Å². The first-order valence-electron chi connectivity index (χ1n) is 28.7. The summed E-state index contributed by atoms with van der Waals surface area (Å²) in [4.78, 5) is 38.2. The first-order chi connectivity index (χ1) is 34.0. The van der Waals surface area contributed by atoms with Gasteiger partial charge in [0.2, 0.25) is 0 Å². The first kappa shape index (κ1) is 65.3. The molecule has 0 spiro atoms. The maximum absolute atomic E-state index is 12.9. The largest absolute Gasteiger partial charge is 0.462 e. The summed E-state index contributed by atoms with van der Waals surface area (Å²) in [6.07, 6.45) is 75.3. The van der Waals surface area contributed by atoms with Gasteiger partial charge in [0.15, 0.2) is 6.10 Å². The number of esters is 3. The third-order valence-electron chi connectivity index (χ3n) is 12.0. The third kappa shape index (κ3) is 55.1. The molecular formula is C63H106O6. The summed E-state index contributed by atoms with van der Waals surface area (Å²) in [5.74, 6) is -0.926. The van der Waals surface area contributed by atoms with Crippen molar-refractivity contribution in [2.24, 2.45) is 0 Å². The highest BCUT2D eigenvalue weighted by molar-refractivity contribution is 5.71. The fraction of sp³-hybridized carbons (Fsp3) is 0.698. The normalized spacial score (nSPS) is 12.8. The molecule has 1 atom stereocenters. The van der Waals surface area contributed by atoms with E-state index < -0.39 is 6.10 Å². The van der Waals surface area contributed by atoms with Crippen LogP contribution in [0, 0.1) is 0 Å². The second-order valence-corrected chi connectivity index (χ2v) is 18.8. The summed E-state index contributed by atoms with van der Waals surface area (Å²) in [6.45, 7) is 6.45. The molecule has 0 radical (unpaired) electrons. The quantitative estimate of drug-likeness (QED) is 0.0262. The van der Waals surface area contributed by atoms with Crippen molar-refractivity contribution in [3.8, 4) is 0 Å². The fourth-order valence-electron chi connectivity index (χ4n) is 7.73. The van der Waals surface area contributed by atoms with Gasteiger partial charge in [-0.3, -0.25) is 14.4 Å². The molecule has 1 unspecified atom stereocenters. The van der Waals surface area contributed by atoms with E-state index in [0.717, 1.165) is 128 Å². The molecule has 0 aliphatic heterocycles. The Morgan fingerprint density at radius 2 is 0.565 bits per heavy atom. The molecule has 6 nitrogen and oxygen atoms in total. The Morgan fingerprint density at radius 1 is 0.304 bits per heavy atom. The molecule has 69 heavy (non-hydrogen) atoms. The van der Waals surface area contributed by atoms with E-state index in [2.05, 4.69) is 118 Å². The number of ether oxygens (including phenoxy) is 3. The summed E-state index contributed by atoms with van der Waals surface area (Å²) in [5.41, 5.74) is 0. The van der Waals surface area contributed by atoms with Gasteiger partial charge in [0.05, 0.1) is 0 Å². The van der Waals surface area contributed by atoms with E-state index in [1.54, 1.807) is 0 Å². The number of hydrogen-bond donors (Lipinski definition) is 0. The minimum Gasteiger partial charge on any atom is -0.462 e. The zero-order chi connectivity index (χ0) is 50.0. The van der Waals surface area contributed by atoms with Crippen molar-refractivity contribution in [1.29, 1.82) is 0 Å². The summed E-state index contributed by atoms with van der Waals surface area (Å²) in [5, 5.41) is 0. The van der Waals surface area contributed by atoms with Crippen LogP contribution in [0.1, 0.15) is 265 Å². The molecule has 0 aromatic carbocycles. The summed E-state index contributed by atoms with van der Waals surface area (Å²) < 4.78 is 16.8. The van der Waals surface area contributed by atoms with Gasteiger partial charge in [-0.1, -0.05) is 221 Å². The van der Waals surface area contributed by atoms with Crippen molar-refractivity contribution in [3.63, 3.8) is 0 Å². The summed E-state index contributed by atoms with van der Waals surface area (Å²) in [7, 11) is 0. The maximum atomic E-state index is 12.9. The van der Waals surface area contributed by atoms with E-state index in [4.69, 9.17) is 14.2 Å². The average Bonchev–Trinajstić information content (AvgIpc) is 3.35. The Bertz CT molecular complexity index is 1380. The minimum atomic E-state index is -0.796. The van der Waals surface area contributed by atoms with Crippen LogP contribution in [0.5, 0.6) is 0 Å². The van der Waals surface area contributed by atoms with Crippen molar-refractivity contribution in [3.05, 3.63) is 97.2 Å². The monoisotopic (exact) mass is 959 g/mol. The number of carbonyl (C=O) groups is 3. The van der Waals surface area contributed by atoms with Gasteiger partial charge < -0.3 is 14.2 Å². The molecule has 0 fully saturated rings. The van der Waals surface area contributed by atoms with Crippen molar-refractivity contribution in [2.45, 2.75) is 271 Å². The third-order valence-corrected chi connectivity index (χ3v) is 12.0. The average molecular weight is 960 g/mol. The van der Waals surface area contributed by atoms with Crippen LogP contribution in [0.15, 0.2) is 97.2 Å². The molecule has 0 heterocycles.